The van der Waals surface area contributed by atoms with Crippen LogP contribution in [0.1, 0.15) is 39.2 Å². The van der Waals surface area contributed by atoms with Gasteiger partial charge in [0, 0.05) is 37.4 Å². The molecule has 1 fully saturated rings. The Morgan fingerprint density at radius 3 is 2.76 bits per heavy atom. The highest BCUT2D eigenvalue weighted by molar-refractivity contribution is 5.93. The summed E-state index contributed by atoms with van der Waals surface area (Å²) in [4.78, 5) is 25.8. The number of nitrogens with zero attached hydrogens (tertiary/aromatic N) is 1. The number of amides is 3. The van der Waals surface area contributed by atoms with Gasteiger partial charge in [-0.1, -0.05) is 13.0 Å². The third kappa shape index (κ3) is 6.05. The summed E-state index contributed by atoms with van der Waals surface area (Å²) in [6.45, 7) is 10.6. The summed E-state index contributed by atoms with van der Waals surface area (Å²) in [6.07, 6.45) is 2.52. The average Bonchev–Trinajstić information content (AvgIpc) is 2.55. The second-order valence-electron chi connectivity index (χ2n) is 7.14. The van der Waals surface area contributed by atoms with Gasteiger partial charge in [0.05, 0.1) is 0 Å². The van der Waals surface area contributed by atoms with Crippen LogP contribution in [-0.4, -0.2) is 42.5 Å². The molecule has 1 aliphatic heterocycles. The maximum atomic E-state index is 12.2. The Morgan fingerprint density at radius 2 is 2.08 bits per heavy atom. The number of anilines is 2. The topological polar surface area (TPSA) is 73.5 Å². The monoisotopic (exact) mass is 346 g/mol. The Labute approximate surface area is 150 Å². The molecule has 2 atom stereocenters. The van der Waals surface area contributed by atoms with Crippen LogP contribution < -0.4 is 16.0 Å². The maximum absolute atomic E-state index is 12.2. The lowest BCUT2D eigenvalue weighted by Crippen LogP contribution is -2.47. The summed E-state index contributed by atoms with van der Waals surface area (Å²) in [5.74, 6) is 0.591. The minimum absolute atomic E-state index is 0.135. The van der Waals surface area contributed by atoms with Gasteiger partial charge in [0.1, 0.15) is 0 Å². The molecular formula is C19H30N4O2. The third-order valence-corrected chi connectivity index (χ3v) is 4.68. The summed E-state index contributed by atoms with van der Waals surface area (Å²) in [7, 11) is 0. The second kappa shape index (κ2) is 8.85. The number of nitrogens with one attached hydrogen (secondary N) is 3. The number of carbonyl (C=O) groups excluding carboxylic acids is 2. The van der Waals surface area contributed by atoms with Gasteiger partial charge in [-0.05, 0) is 56.8 Å². The first-order valence-electron chi connectivity index (χ1n) is 9.02. The predicted octanol–water partition coefficient (Wildman–Crippen LogP) is 3.20. The van der Waals surface area contributed by atoms with Crippen molar-refractivity contribution in [1.82, 2.24) is 10.2 Å². The molecule has 0 bridgehead atoms. The fourth-order valence-electron chi connectivity index (χ4n) is 3.20. The molecule has 1 aliphatic rings. The number of likely N-dealkylation sites (tertiary alicyclic amines) is 1. The van der Waals surface area contributed by atoms with E-state index in [0.717, 1.165) is 24.6 Å². The van der Waals surface area contributed by atoms with E-state index in [0.29, 0.717) is 24.0 Å². The second-order valence-corrected chi connectivity index (χ2v) is 7.14. The van der Waals surface area contributed by atoms with Crippen molar-refractivity contribution in [2.24, 2.45) is 5.92 Å². The summed E-state index contributed by atoms with van der Waals surface area (Å²) < 4.78 is 0. The number of aryl methyl sites for hydroxylation is 1. The average molecular weight is 346 g/mol. The minimum atomic E-state index is -0.222. The Balaban J connectivity index is 1.86. The summed E-state index contributed by atoms with van der Waals surface area (Å²) in [5.41, 5.74) is 2.31. The summed E-state index contributed by atoms with van der Waals surface area (Å²) in [6, 6.07) is 5.56. The van der Waals surface area contributed by atoms with Crippen molar-refractivity contribution >= 4 is 23.3 Å². The summed E-state index contributed by atoms with van der Waals surface area (Å²) in [5, 5.41) is 8.55. The van der Waals surface area contributed by atoms with Crippen molar-refractivity contribution in [3.8, 4) is 0 Å². The molecule has 1 saturated heterocycles. The Kier molecular flexibility index (Phi) is 6.82. The third-order valence-electron chi connectivity index (χ3n) is 4.68. The van der Waals surface area contributed by atoms with Crippen LogP contribution in [0.25, 0.3) is 0 Å². The first kappa shape index (κ1) is 19.2. The van der Waals surface area contributed by atoms with Crippen LogP contribution in [0.2, 0.25) is 0 Å². The van der Waals surface area contributed by atoms with Crippen LogP contribution in [-0.2, 0) is 4.79 Å². The largest absolute Gasteiger partial charge is 0.336 e. The molecule has 1 aromatic carbocycles. The van der Waals surface area contributed by atoms with Gasteiger partial charge >= 0.3 is 6.03 Å². The Bertz CT molecular complexity index is 617. The molecule has 6 nitrogen and oxygen atoms in total. The summed E-state index contributed by atoms with van der Waals surface area (Å²) >= 11 is 0. The van der Waals surface area contributed by atoms with Gasteiger partial charge in [-0.3, -0.25) is 9.69 Å². The normalized spacial score (nSPS) is 19.1. The van der Waals surface area contributed by atoms with E-state index in [2.05, 4.69) is 34.7 Å². The van der Waals surface area contributed by atoms with Crippen molar-refractivity contribution in [2.75, 3.05) is 30.3 Å². The predicted molar refractivity (Wildman–Crippen MR) is 102 cm³/mol. The molecule has 0 spiro atoms. The number of benzene rings is 1. The quantitative estimate of drug-likeness (QED) is 0.766. The van der Waals surface area contributed by atoms with E-state index in [4.69, 9.17) is 0 Å². The SMILES string of the molecule is CC(=O)Nc1ccc(C)c(NC(=O)NC[C@H](C)N2CCC[C@H](C)C2)c1. The van der Waals surface area contributed by atoms with Crippen molar-refractivity contribution in [3.63, 3.8) is 0 Å². The van der Waals surface area contributed by atoms with E-state index < -0.39 is 0 Å². The lowest BCUT2D eigenvalue weighted by molar-refractivity contribution is -0.114. The molecule has 25 heavy (non-hydrogen) atoms. The molecule has 3 N–H and O–H groups in total. The fourth-order valence-corrected chi connectivity index (χ4v) is 3.20. The molecule has 3 amide bonds. The molecule has 1 heterocycles. The first-order chi connectivity index (χ1) is 11.8. The number of urea groups is 1. The van der Waals surface area contributed by atoms with Gasteiger partial charge in [-0.25, -0.2) is 4.79 Å². The van der Waals surface area contributed by atoms with Gasteiger partial charge in [-0.15, -0.1) is 0 Å². The molecule has 0 unspecified atom stereocenters. The molecule has 0 saturated carbocycles. The van der Waals surface area contributed by atoms with Crippen LogP contribution in [0.4, 0.5) is 16.2 Å². The van der Waals surface area contributed by atoms with Gasteiger partial charge < -0.3 is 16.0 Å². The zero-order chi connectivity index (χ0) is 18.4. The lowest BCUT2D eigenvalue weighted by atomic mass is 9.99. The molecule has 0 aromatic heterocycles. The highest BCUT2D eigenvalue weighted by Crippen LogP contribution is 2.20. The first-order valence-corrected chi connectivity index (χ1v) is 9.02. The number of hydrogen-bond acceptors (Lipinski definition) is 3. The number of hydrogen-bond donors (Lipinski definition) is 3. The van der Waals surface area contributed by atoms with Gasteiger partial charge in [0.2, 0.25) is 5.91 Å². The standard InChI is InChI=1S/C19H30N4O2/c1-13-6-5-9-23(12-13)15(3)11-20-19(25)22-18-10-17(21-16(4)24)8-7-14(18)2/h7-8,10,13,15H,5-6,9,11-12H2,1-4H3,(H,21,24)(H2,20,22,25)/t13-,15-/m0/s1. The molecule has 6 heteroatoms. The van der Waals surface area contributed by atoms with Crippen molar-refractivity contribution in [2.45, 2.75) is 46.6 Å². The fraction of sp³-hybridized carbons (Fsp3) is 0.579. The molecule has 0 radical (unpaired) electrons. The zero-order valence-corrected chi connectivity index (χ0v) is 15.7. The van der Waals surface area contributed by atoms with Crippen LogP contribution in [0.5, 0.6) is 0 Å². The highest BCUT2D eigenvalue weighted by Gasteiger charge is 2.21. The molecule has 2 rings (SSSR count). The van der Waals surface area contributed by atoms with Crippen LogP contribution in [0, 0.1) is 12.8 Å². The van der Waals surface area contributed by atoms with Crippen LogP contribution in [0.3, 0.4) is 0 Å². The minimum Gasteiger partial charge on any atom is -0.336 e. The van der Waals surface area contributed by atoms with Crippen molar-refractivity contribution < 1.29 is 9.59 Å². The van der Waals surface area contributed by atoms with E-state index in [1.807, 2.05) is 19.1 Å². The Hall–Kier alpha value is -2.08. The van der Waals surface area contributed by atoms with Crippen LogP contribution >= 0.6 is 0 Å². The number of piperidine rings is 1. The van der Waals surface area contributed by atoms with Gasteiger partial charge in [0.25, 0.3) is 0 Å². The molecule has 1 aromatic rings. The zero-order valence-electron chi connectivity index (χ0n) is 15.7. The Morgan fingerprint density at radius 1 is 1.32 bits per heavy atom. The van der Waals surface area contributed by atoms with E-state index >= 15 is 0 Å². The highest BCUT2D eigenvalue weighted by atomic mass is 16.2. The maximum Gasteiger partial charge on any atom is 0.319 e. The molecule has 0 aliphatic carbocycles. The number of rotatable bonds is 5. The van der Waals surface area contributed by atoms with Gasteiger partial charge in [0.15, 0.2) is 0 Å². The molecular weight excluding hydrogens is 316 g/mol. The van der Waals surface area contributed by atoms with Crippen molar-refractivity contribution in [3.05, 3.63) is 23.8 Å². The van der Waals surface area contributed by atoms with E-state index in [1.165, 1.54) is 19.8 Å². The van der Waals surface area contributed by atoms with E-state index in [9.17, 15) is 9.59 Å². The smallest absolute Gasteiger partial charge is 0.319 e. The van der Waals surface area contributed by atoms with Gasteiger partial charge in [-0.2, -0.15) is 0 Å². The van der Waals surface area contributed by atoms with E-state index in [1.54, 1.807) is 6.07 Å². The molecule has 138 valence electrons. The van der Waals surface area contributed by atoms with Crippen LogP contribution in [0.15, 0.2) is 18.2 Å². The van der Waals surface area contributed by atoms with Crippen molar-refractivity contribution in [1.29, 1.82) is 0 Å². The lowest BCUT2D eigenvalue weighted by Gasteiger charge is -2.35. The number of carbonyl (C=O) groups is 2. The van der Waals surface area contributed by atoms with E-state index in [-0.39, 0.29) is 11.9 Å².